The van der Waals surface area contributed by atoms with Gasteiger partial charge in [0, 0.05) is 6.20 Å². The molecule has 0 unspecified atom stereocenters. The first-order valence-electron chi connectivity index (χ1n) is 4.26. The van der Waals surface area contributed by atoms with Crippen LogP contribution >= 0.6 is 11.6 Å². The minimum absolute atomic E-state index is 0.216. The molecule has 0 radical (unpaired) electrons. The summed E-state index contributed by atoms with van der Waals surface area (Å²) in [5.41, 5.74) is 0.481. The van der Waals surface area contributed by atoms with Crippen LogP contribution in [-0.4, -0.2) is 23.9 Å². The lowest BCUT2D eigenvalue weighted by atomic mass is 10.3. The zero-order valence-electron chi connectivity index (χ0n) is 7.97. The summed E-state index contributed by atoms with van der Waals surface area (Å²) in [6, 6.07) is 2.96. The van der Waals surface area contributed by atoms with Crippen molar-refractivity contribution in [2.24, 2.45) is 0 Å². The second kappa shape index (κ2) is 5.45. The third-order valence-corrected chi connectivity index (χ3v) is 1.89. The Morgan fingerprint density at radius 1 is 1.38 bits per heavy atom. The largest absolute Gasteiger partial charge is 0.370 e. The fourth-order valence-corrected chi connectivity index (χ4v) is 0.972. The van der Waals surface area contributed by atoms with Gasteiger partial charge in [0.1, 0.15) is 11.8 Å². The van der Waals surface area contributed by atoms with Crippen LogP contribution in [0.2, 0.25) is 5.15 Å². The molecule has 1 rings (SSSR count). The molecule has 1 aromatic heterocycles. The van der Waals surface area contributed by atoms with E-state index in [0.717, 1.165) is 0 Å². The average molecular weight is 258 g/mol. The predicted octanol–water partition coefficient (Wildman–Crippen LogP) is 3.15. The van der Waals surface area contributed by atoms with Gasteiger partial charge in [-0.1, -0.05) is 17.7 Å². The zero-order valence-corrected chi connectivity index (χ0v) is 8.72. The molecule has 0 spiro atoms. The average Bonchev–Trinajstić information content (AvgIpc) is 2.20. The Kier molecular flexibility index (Phi) is 4.49. The number of hydrogen-bond acceptors (Lipinski definition) is 2. The molecule has 2 nitrogen and oxygen atoms in total. The Hall–Kier alpha value is -0.880. The van der Waals surface area contributed by atoms with Crippen molar-refractivity contribution < 1.29 is 22.3 Å². The summed E-state index contributed by atoms with van der Waals surface area (Å²) in [7, 11) is 0. The molecule has 0 N–H and O–H groups in total. The minimum Gasteiger partial charge on any atom is -0.370 e. The molecule has 16 heavy (non-hydrogen) atoms. The number of alkyl halides is 4. The predicted molar refractivity (Wildman–Crippen MR) is 49.9 cm³/mol. The van der Waals surface area contributed by atoms with Gasteiger partial charge < -0.3 is 4.74 Å². The summed E-state index contributed by atoms with van der Waals surface area (Å²) in [6.45, 7) is -1.54. The number of hydrogen-bond donors (Lipinski definition) is 0. The van der Waals surface area contributed by atoms with Gasteiger partial charge in [-0.05, 0) is 11.6 Å². The molecule has 0 aliphatic rings. The number of rotatable bonds is 5. The summed E-state index contributed by atoms with van der Waals surface area (Å²) in [5.74, 6) is -4.13. The van der Waals surface area contributed by atoms with E-state index in [-0.39, 0.29) is 11.8 Å². The molecule has 0 saturated heterocycles. The lowest BCUT2D eigenvalue weighted by Gasteiger charge is -2.14. The van der Waals surface area contributed by atoms with Crippen molar-refractivity contribution >= 4 is 11.6 Å². The molecule has 0 saturated carbocycles. The van der Waals surface area contributed by atoms with E-state index in [4.69, 9.17) is 11.6 Å². The molecular formula is C9H8ClF4NO. The molecule has 0 atom stereocenters. The van der Waals surface area contributed by atoms with Gasteiger partial charge in [-0.15, -0.1) is 0 Å². The van der Waals surface area contributed by atoms with E-state index in [1.165, 1.54) is 18.3 Å². The van der Waals surface area contributed by atoms with E-state index in [1.807, 2.05) is 0 Å². The monoisotopic (exact) mass is 257 g/mol. The van der Waals surface area contributed by atoms with Gasteiger partial charge in [-0.25, -0.2) is 13.8 Å². The highest BCUT2D eigenvalue weighted by molar-refractivity contribution is 6.29. The third-order valence-electron chi connectivity index (χ3n) is 1.67. The van der Waals surface area contributed by atoms with Gasteiger partial charge in [-0.2, -0.15) is 8.78 Å². The minimum atomic E-state index is -4.13. The van der Waals surface area contributed by atoms with E-state index >= 15 is 0 Å². The van der Waals surface area contributed by atoms with Gasteiger partial charge in [0.25, 0.3) is 0 Å². The van der Waals surface area contributed by atoms with Crippen molar-refractivity contribution in [2.45, 2.75) is 19.0 Å². The Morgan fingerprint density at radius 3 is 2.56 bits per heavy atom. The highest BCUT2D eigenvalue weighted by Crippen LogP contribution is 2.23. The van der Waals surface area contributed by atoms with Gasteiger partial charge in [-0.3, -0.25) is 0 Å². The molecule has 0 fully saturated rings. The molecular weight excluding hydrogens is 250 g/mol. The van der Waals surface area contributed by atoms with Crippen LogP contribution in [0.4, 0.5) is 17.6 Å². The molecule has 1 heterocycles. The number of halogens is 5. The fourth-order valence-electron chi connectivity index (χ4n) is 0.860. The van der Waals surface area contributed by atoms with E-state index in [9.17, 15) is 17.6 Å². The maximum absolute atomic E-state index is 12.4. The quantitative estimate of drug-likeness (QED) is 0.597. The smallest absolute Gasteiger partial charge is 0.330 e. The molecule has 90 valence electrons. The number of aromatic nitrogens is 1. The Balaban J connectivity index is 2.39. The van der Waals surface area contributed by atoms with Gasteiger partial charge in [0.2, 0.25) is 0 Å². The van der Waals surface area contributed by atoms with Crippen molar-refractivity contribution in [1.82, 2.24) is 4.98 Å². The summed E-state index contributed by atoms with van der Waals surface area (Å²) in [6.07, 6.45) is -2.40. The summed E-state index contributed by atoms with van der Waals surface area (Å²) < 4.78 is 52.7. The van der Waals surface area contributed by atoms with Crippen molar-refractivity contribution in [1.29, 1.82) is 0 Å². The van der Waals surface area contributed by atoms with Crippen molar-refractivity contribution in [3.05, 3.63) is 29.0 Å². The standard InChI is InChI=1S/C9H8ClF4NO/c10-7-2-1-6(3-15-7)4-16-5-9(13,14)8(11)12/h1-3,8H,4-5H2. The van der Waals surface area contributed by atoms with Gasteiger partial charge in [0.15, 0.2) is 0 Å². The van der Waals surface area contributed by atoms with Crippen LogP contribution < -0.4 is 0 Å². The van der Waals surface area contributed by atoms with E-state index in [2.05, 4.69) is 9.72 Å². The number of nitrogens with zero attached hydrogens (tertiary/aromatic N) is 1. The maximum Gasteiger partial charge on any atom is 0.330 e. The van der Waals surface area contributed by atoms with Crippen LogP contribution in [-0.2, 0) is 11.3 Å². The molecule has 7 heteroatoms. The highest BCUT2D eigenvalue weighted by atomic mass is 35.5. The third kappa shape index (κ3) is 3.94. The van der Waals surface area contributed by atoms with Crippen LogP contribution in [0.5, 0.6) is 0 Å². The lowest BCUT2D eigenvalue weighted by Crippen LogP contribution is -2.32. The van der Waals surface area contributed by atoms with Gasteiger partial charge in [0.05, 0.1) is 6.61 Å². The van der Waals surface area contributed by atoms with Crippen LogP contribution in [0, 0.1) is 0 Å². The second-order valence-electron chi connectivity index (χ2n) is 3.04. The van der Waals surface area contributed by atoms with Crippen molar-refractivity contribution in [3.8, 4) is 0 Å². The van der Waals surface area contributed by atoms with Crippen LogP contribution in [0.3, 0.4) is 0 Å². The maximum atomic E-state index is 12.4. The molecule has 0 bridgehead atoms. The summed E-state index contributed by atoms with van der Waals surface area (Å²) >= 11 is 5.49. The SMILES string of the molecule is FC(F)C(F)(F)COCc1ccc(Cl)nc1. The van der Waals surface area contributed by atoms with Crippen LogP contribution in [0.15, 0.2) is 18.3 Å². The normalized spacial score (nSPS) is 12.1. The van der Waals surface area contributed by atoms with E-state index < -0.39 is 19.0 Å². The molecule has 0 aliphatic heterocycles. The number of ether oxygens (including phenoxy) is 1. The highest BCUT2D eigenvalue weighted by Gasteiger charge is 2.40. The molecule has 0 aromatic carbocycles. The Bertz CT molecular complexity index is 331. The summed E-state index contributed by atoms with van der Waals surface area (Å²) in [5, 5.41) is 0.252. The van der Waals surface area contributed by atoms with E-state index in [1.54, 1.807) is 0 Å². The number of pyridine rings is 1. The lowest BCUT2D eigenvalue weighted by molar-refractivity contribution is -0.168. The zero-order chi connectivity index (χ0) is 12.2. The first kappa shape index (κ1) is 13.2. The van der Waals surface area contributed by atoms with Crippen molar-refractivity contribution in [2.75, 3.05) is 6.61 Å². The second-order valence-corrected chi connectivity index (χ2v) is 3.43. The van der Waals surface area contributed by atoms with Crippen LogP contribution in [0.1, 0.15) is 5.56 Å². The molecule has 0 amide bonds. The Morgan fingerprint density at radius 2 is 2.06 bits per heavy atom. The van der Waals surface area contributed by atoms with E-state index in [0.29, 0.717) is 5.56 Å². The first-order valence-corrected chi connectivity index (χ1v) is 4.64. The van der Waals surface area contributed by atoms with Crippen LogP contribution in [0.25, 0.3) is 0 Å². The van der Waals surface area contributed by atoms with Crippen molar-refractivity contribution in [3.63, 3.8) is 0 Å². The summed E-state index contributed by atoms with van der Waals surface area (Å²) in [4.78, 5) is 3.68. The molecule has 1 aromatic rings. The first-order chi connectivity index (χ1) is 7.42. The molecule has 0 aliphatic carbocycles. The van der Waals surface area contributed by atoms with Gasteiger partial charge >= 0.3 is 12.3 Å². The fraction of sp³-hybridized carbons (Fsp3) is 0.444. The Labute approximate surface area is 94.2 Å². The topological polar surface area (TPSA) is 22.1 Å².